The van der Waals surface area contributed by atoms with Crippen molar-refractivity contribution in [1.29, 1.82) is 0 Å². The molecule has 2 heterocycles. The van der Waals surface area contributed by atoms with E-state index in [1.165, 1.54) is 0 Å². The highest BCUT2D eigenvalue weighted by Crippen LogP contribution is 2.24. The quantitative estimate of drug-likeness (QED) is 0.810. The van der Waals surface area contributed by atoms with Gasteiger partial charge in [-0.15, -0.1) is 0 Å². The zero-order chi connectivity index (χ0) is 15.9. The molecule has 3 rings (SSSR count). The van der Waals surface area contributed by atoms with Crippen molar-refractivity contribution in [3.8, 4) is 0 Å². The Bertz CT molecular complexity index is 693. The van der Waals surface area contributed by atoms with E-state index in [9.17, 15) is 9.18 Å². The van der Waals surface area contributed by atoms with Crippen molar-refractivity contribution in [2.45, 2.75) is 45.3 Å². The van der Waals surface area contributed by atoms with Crippen LogP contribution in [0.5, 0.6) is 0 Å². The largest absolute Gasteiger partial charge is 0.338 e. The maximum Gasteiger partial charge on any atom is 0.253 e. The fourth-order valence-electron chi connectivity index (χ4n) is 2.91. The van der Waals surface area contributed by atoms with Gasteiger partial charge >= 0.3 is 0 Å². The molecule has 118 valence electrons. The Labute approximate surface area is 129 Å². The van der Waals surface area contributed by atoms with Crippen molar-refractivity contribution in [3.63, 3.8) is 0 Å². The molecule has 4 nitrogen and oxygen atoms in total. The van der Waals surface area contributed by atoms with Crippen LogP contribution in [0, 0.1) is 0 Å². The van der Waals surface area contributed by atoms with Crippen molar-refractivity contribution in [3.05, 3.63) is 30.1 Å². The van der Waals surface area contributed by atoms with Crippen molar-refractivity contribution in [1.82, 2.24) is 14.5 Å². The summed E-state index contributed by atoms with van der Waals surface area (Å²) < 4.78 is 15.3. The average Bonchev–Trinajstić information content (AvgIpc) is 2.90. The molecule has 0 unspecified atom stereocenters. The lowest BCUT2D eigenvalue weighted by atomic mass is 10.1. The molecule has 1 aromatic carbocycles. The third-order valence-electron chi connectivity index (χ3n) is 4.23. The molecule has 1 aliphatic rings. The Morgan fingerprint density at radius 3 is 2.59 bits per heavy atom. The Balaban J connectivity index is 1.88. The topological polar surface area (TPSA) is 38.1 Å². The van der Waals surface area contributed by atoms with Gasteiger partial charge in [0.05, 0.1) is 17.4 Å². The number of rotatable bonds is 1. The molecule has 0 aliphatic carbocycles. The van der Waals surface area contributed by atoms with Gasteiger partial charge < -0.3 is 9.47 Å². The number of hydrogen-bond donors (Lipinski definition) is 0. The summed E-state index contributed by atoms with van der Waals surface area (Å²) in [7, 11) is 0. The lowest BCUT2D eigenvalue weighted by Gasteiger charge is -2.28. The standard InChI is InChI=1S/C17H22FN3O/c1-17(2,3)21-11-19-14-10-12(4-5-15(14)21)16(22)20-8-6-13(18)7-9-20/h4-5,10-11,13H,6-9H2,1-3H3. The molecular weight excluding hydrogens is 281 g/mol. The highest BCUT2D eigenvalue weighted by molar-refractivity contribution is 5.97. The summed E-state index contributed by atoms with van der Waals surface area (Å²) in [5, 5.41) is 0. The van der Waals surface area contributed by atoms with E-state index < -0.39 is 6.17 Å². The summed E-state index contributed by atoms with van der Waals surface area (Å²) >= 11 is 0. The number of benzene rings is 1. The Morgan fingerprint density at radius 1 is 1.27 bits per heavy atom. The molecule has 0 atom stereocenters. The molecule has 22 heavy (non-hydrogen) atoms. The van der Waals surface area contributed by atoms with E-state index in [4.69, 9.17) is 0 Å². The highest BCUT2D eigenvalue weighted by atomic mass is 19.1. The van der Waals surface area contributed by atoms with Crippen molar-refractivity contribution >= 4 is 16.9 Å². The molecular formula is C17H22FN3O. The number of amides is 1. The van der Waals surface area contributed by atoms with E-state index in [0.717, 1.165) is 11.0 Å². The number of halogens is 1. The zero-order valence-corrected chi connectivity index (χ0v) is 13.3. The van der Waals surface area contributed by atoms with Gasteiger partial charge in [0.2, 0.25) is 0 Å². The van der Waals surface area contributed by atoms with E-state index in [0.29, 0.717) is 31.5 Å². The summed E-state index contributed by atoms with van der Waals surface area (Å²) in [5.41, 5.74) is 2.42. The van der Waals surface area contributed by atoms with Gasteiger partial charge in [0.1, 0.15) is 6.17 Å². The first-order chi connectivity index (χ1) is 10.4. The van der Waals surface area contributed by atoms with Crippen LogP contribution in [0.4, 0.5) is 4.39 Å². The minimum Gasteiger partial charge on any atom is -0.338 e. The first-order valence-corrected chi connectivity index (χ1v) is 7.77. The van der Waals surface area contributed by atoms with E-state index in [2.05, 4.69) is 30.3 Å². The Hall–Kier alpha value is -1.91. The van der Waals surface area contributed by atoms with Gasteiger partial charge in [0.25, 0.3) is 5.91 Å². The van der Waals surface area contributed by atoms with Gasteiger partial charge in [0, 0.05) is 24.2 Å². The van der Waals surface area contributed by atoms with Crippen molar-refractivity contribution in [2.75, 3.05) is 13.1 Å². The number of imidazole rings is 1. The SMILES string of the molecule is CC(C)(C)n1cnc2cc(C(=O)N3CCC(F)CC3)ccc21. The van der Waals surface area contributed by atoms with Gasteiger partial charge in [-0.2, -0.15) is 0 Å². The molecule has 2 aromatic rings. The highest BCUT2D eigenvalue weighted by Gasteiger charge is 2.24. The Kier molecular flexibility index (Phi) is 3.67. The molecule has 1 saturated heterocycles. The molecule has 1 aliphatic heterocycles. The second-order valence-corrected chi connectivity index (χ2v) is 6.96. The molecule has 5 heteroatoms. The summed E-state index contributed by atoms with van der Waals surface area (Å²) in [4.78, 5) is 18.7. The number of likely N-dealkylation sites (tertiary alicyclic amines) is 1. The number of aromatic nitrogens is 2. The summed E-state index contributed by atoms with van der Waals surface area (Å²) in [6, 6.07) is 5.63. The molecule has 1 amide bonds. The number of carbonyl (C=O) groups is 1. The number of nitrogens with zero attached hydrogens (tertiary/aromatic N) is 3. The number of alkyl halides is 1. The van der Waals surface area contributed by atoms with E-state index in [1.807, 2.05) is 24.5 Å². The Morgan fingerprint density at radius 2 is 1.95 bits per heavy atom. The van der Waals surface area contributed by atoms with Crippen LogP contribution in [-0.2, 0) is 5.54 Å². The van der Waals surface area contributed by atoms with Gasteiger partial charge in [-0.3, -0.25) is 4.79 Å². The van der Waals surface area contributed by atoms with E-state index in [1.54, 1.807) is 4.90 Å². The van der Waals surface area contributed by atoms with E-state index >= 15 is 0 Å². The van der Waals surface area contributed by atoms with Crippen LogP contribution in [0.3, 0.4) is 0 Å². The maximum atomic E-state index is 13.2. The fraction of sp³-hybridized carbons (Fsp3) is 0.529. The molecule has 0 saturated carbocycles. The molecule has 1 aromatic heterocycles. The lowest BCUT2D eigenvalue weighted by Crippen LogP contribution is -2.39. The third kappa shape index (κ3) is 2.72. The molecule has 0 N–H and O–H groups in total. The first-order valence-electron chi connectivity index (χ1n) is 7.77. The monoisotopic (exact) mass is 303 g/mol. The fourth-order valence-corrected chi connectivity index (χ4v) is 2.91. The van der Waals surface area contributed by atoms with Crippen LogP contribution in [0.25, 0.3) is 11.0 Å². The lowest BCUT2D eigenvalue weighted by molar-refractivity contribution is 0.0667. The van der Waals surface area contributed by atoms with Crippen LogP contribution < -0.4 is 0 Å². The molecule has 0 radical (unpaired) electrons. The second kappa shape index (κ2) is 5.38. The van der Waals surface area contributed by atoms with Gasteiger partial charge in [0.15, 0.2) is 0 Å². The number of carbonyl (C=O) groups excluding carboxylic acids is 1. The molecule has 0 spiro atoms. The summed E-state index contributed by atoms with van der Waals surface area (Å²) in [6.45, 7) is 7.35. The first kappa shape index (κ1) is 15.0. The normalized spacial score (nSPS) is 17.2. The minimum absolute atomic E-state index is 0.0286. The minimum atomic E-state index is -0.769. The van der Waals surface area contributed by atoms with Gasteiger partial charge in [-0.1, -0.05) is 0 Å². The maximum absolute atomic E-state index is 13.2. The predicted molar refractivity (Wildman–Crippen MR) is 84.8 cm³/mol. The van der Waals surface area contributed by atoms with Crippen LogP contribution in [-0.4, -0.2) is 39.6 Å². The predicted octanol–water partition coefficient (Wildman–Crippen LogP) is 3.37. The van der Waals surface area contributed by atoms with Crippen LogP contribution in [0.1, 0.15) is 44.0 Å². The number of fused-ring (bicyclic) bond motifs is 1. The van der Waals surface area contributed by atoms with Crippen LogP contribution in [0.15, 0.2) is 24.5 Å². The average molecular weight is 303 g/mol. The van der Waals surface area contributed by atoms with Crippen LogP contribution >= 0.6 is 0 Å². The van der Waals surface area contributed by atoms with Gasteiger partial charge in [-0.05, 0) is 51.8 Å². The van der Waals surface area contributed by atoms with Crippen LogP contribution in [0.2, 0.25) is 0 Å². The summed E-state index contributed by atoms with van der Waals surface area (Å²) in [6.07, 6.45) is 1.92. The second-order valence-electron chi connectivity index (χ2n) is 6.96. The van der Waals surface area contributed by atoms with E-state index in [-0.39, 0.29) is 11.4 Å². The molecule has 1 fully saturated rings. The molecule has 0 bridgehead atoms. The zero-order valence-electron chi connectivity index (χ0n) is 13.3. The van der Waals surface area contributed by atoms with Crippen molar-refractivity contribution < 1.29 is 9.18 Å². The number of hydrogen-bond acceptors (Lipinski definition) is 2. The summed E-state index contributed by atoms with van der Waals surface area (Å²) in [5.74, 6) is -0.0286. The third-order valence-corrected chi connectivity index (χ3v) is 4.23. The smallest absolute Gasteiger partial charge is 0.253 e. The van der Waals surface area contributed by atoms with Crippen molar-refractivity contribution in [2.24, 2.45) is 0 Å². The number of piperidine rings is 1. The van der Waals surface area contributed by atoms with Gasteiger partial charge in [-0.25, -0.2) is 9.37 Å².